The molecule has 0 aliphatic carbocycles. The largest absolute Gasteiger partial charge is 0.488 e. The topological polar surface area (TPSA) is 98.6 Å². The number of nitrogens with zero attached hydrogens (tertiary/aromatic N) is 5. The Labute approximate surface area is 191 Å². The number of imidazole rings is 1. The number of alkyl halides is 3. The number of pyridine rings is 1. The number of ether oxygens (including phenoxy) is 1. The Kier molecular flexibility index (Phi) is 4.29. The number of aromatic nitrogens is 4. The third kappa shape index (κ3) is 3.06. The maximum Gasteiger partial charge on any atom is 0.416 e. The van der Waals surface area contributed by atoms with Crippen LogP contribution in [0.3, 0.4) is 0 Å². The Morgan fingerprint density at radius 2 is 2.03 bits per heavy atom. The number of rotatable bonds is 1. The summed E-state index contributed by atoms with van der Waals surface area (Å²) in [6.45, 7) is 2.42. The summed E-state index contributed by atoms with van der Waals surface area (Å²) < 4.78 is 47.3. The molecule has 6 rings (SSSR count). The minimum atomic E-state index is -4.47. The van der Waals surface area contributed by atoms with Crippen molar-refractivity contribution in [1.29, 1.82) is 0 Å². The van der Waals surface area contributed by atoms with Crippen molar-refractivity contribution >= 4 is 28.3 Å². The summed E-state index contributed by atoms with van der Waals surface area (Å²) in [7, 11) is 0. The number of fused-ring (bicyclic) bond motifs is 6. The molecule has 34 heavy (non-hydrogen) atoms. The van der Waals surface area contributed by atoms with Crippen LogP contribution in [-0.4, -0.2) is 42.8 Å². The minimum absolute atomic E-state index is 0.101. The molecular formula is C23H19F3N6O2. The van der Waals surface area contributed by atoms with Crippen molar-refractivity contribution in [3.8, 4) is 5.75 Å². The van der Waals surface area contributed by atoms with Crippen LogP contribution < -0.4 is 10.5 Å². The van der Waals surface area contributed by atoms with Gasteiger partial charge in [-0.1, -0.05) is 13.0 Å². The van der Waals surface area contributed by atoms with Crippen LogP contribution in [0.1, 0.15) is 41.0 Å². The normalized spacial score (nSPS) is 22.0. The first-order valence-corrected chi connectivity index (χ1v) is 10.8. The monoisotopic (exact) mass is 468 g/mol. The van der Waals surface area contributed by atoms with Crippen LogP contribution in [0, 0.1) is 5.92 Å². The van der Waals surface area contributed by atoms with E-state index in [4.69, 9.17) is 10.5 Å². The molecule has 4 aromatic rings. The molecule has 0 radical (unpaired) electrons. The molecule has 5 heterocycles. The van der Waals surface area contributed by atoms with Crippen molar-refractivity contribution in [3.05, 3.63) is 59.8 Å². The number of nitrogen functional groups attached to an aromatic ring is 1. The Morgan fingerprint density at radius 1 is 1.21 bits per heavy atom. The highest BCUT2D eigenvalue weighted by Gasteiger charge is 2.46. The first kappa shape index (κ1) is 20.7. The minimum Gasteiger partial charge on any atom is -0.488 e. The highest BCUT2D eigenvalue weighted by atomic mass is 19.4. The molecule has 11 heteroatoms. The zero-order chi connectivity index (χ0) is 23.8. The van der Waals surface area contributed by atoms with Crippen LogP contribution in [0.15, 0.2) is 43.0 Å². The molecule has 0 spiro atoms. The molecule has 2 N–H and O–H groups in total. The number of piperidine rings is 1. The zero-order valence-electron chi connectivity index (χ0n) is 18.0. The molecule has 2 aliphatic heterocycles. The second-order valence-corrected chi connectivity index (χ2v) is 8.85. The van der Waals surface area contributed by atoms with Crippen molar-refractivity contribution in [3.63, 3.8) is 0 Å². The summed E-state index contributed by atoms with van der Waals surface area (Å²) in [6, 6.07) is 4.61. The number of benzene rings is 1. The number of nitrogens with two attached hydrogens (primary N) is 1. The van der Waals surface area contributed by atoms with Gasteiger partial charge in [0.25, 0.3) is 5.91 Å². The molecule has 1 saturated heterocycles. The lowest BCUT2D eigenvalue weighted by molar-refractivity contribution is -0.137. The number of hydrogen-bond acceptors (Lipinski definition) is 6. The van der Waals surface area contributed by atoms with E-state index in [1.165, 1.54) is 12.3 Å². The van der Waals surface area contributed by atoms with Crippen molar-refractivity contribution < 1.29 is 22.7 Å². The number of halogens is 3. The molecule has 3 aromatic heterocycles. The third-order valence-corrected chi connectivity index (χ3v) is 6.51. The van der Waals surface area contributed by atoms with Gasteiger partial charge in [0.05, 0.1) is 35.8 Å². The molecule has 8 nitrogen and oxygen atoms in total. The first-order chi connectivity index (χ1) is 16.2. The molecule has 1 fully saturated rings. The number of anilines is 1. The van der Waals surface area contributed by atoms with Crippen molar-refractivity contribution in [2.45, 2.75) is 31.7 Å². The lowest BCUT2D eigenvalue weighted by atomic mass is 9.88. The van der Waals surface area contributed by atoms with E-state index < -0.39 is 23.9 Å². The van der Waals surface area contributed by atoms with Gasteiger partial charge in [-0.15, -0.1) is 0 Å². The third-order valence-electron chi connectivity index (χ3n) is 6.51. The van der Waals surface area contributed by atoms with Gasteiger partial charge in [0, 0.05) is 12.1 Å². The van der Waals surface area contributed by atoms with Crippen LogP contribution in [0.25, 0.3) is 16.6 Å². The van der Waals surface area contributed by atoms with Crippen LogP contribution in [-0.2, 0) is 6.18 Å². The summed E-state index contributed by atoms with van der Waals surface area (Å²) in [6.07, 6.45) is 0.394. The van der Waals surface area contributed by atoms with E-state index in [2.05, 4.69) is 15.0 Å². The van der Waals surface area contributed by atoms with E-state index in [1.807, 2.05) is 6.92 Å². The molecule has 1 amide bonds. The Morgan fingerprint density at radius 3 is 2.82 bits per heavy atom. The predicted octanol–water partition coefficient (Wildman–Crippen LogP) is 3.86. The van der Waals surface area contributed by atoms with Gasteiger partial charge in [-0.3, -0.25) is 9.20 Å². The average Bonchev–Trinajstić information content (AvgIpc) is 3.42. The van der Waals surface area contributed by atoms with E-state index in [1.54, 1.807) is 27.9 Å². The summed E-state index contributed by atoms with van der Waals surface area (Å²) in [5.74, 6) is 0.244. The lowest BCUT2D eigenvalue weighted by Gasteiger charge is -2.39. The number of carbonyl (C=O) groups excluding carboxylic acids is 1. The molecule has 1 aromatic carbocycles. The molecule has 3 atom stereocenters. The van der Waals surface area contributed by atoms with Crippen LogP contribution in [0.2, 0.25) is 0 Å². The molecule has 174 valence electrons. The fraction of sp³-hybridized carbons (Fsp3) is 0.304. The second-order valence-electron chi connectivity index (χ2n) is 8.85. The lowest BCUT2D eigenvalue weighted by Crippen LogP contribution is -2.47. The average molecular weight is 468 g/mol. The van der Waals surface area contributed by atoms with E-state index >= 15 is 0 Å². The van der Waals surface area contributed by atoms with Crippen molar-refractivity contribution in [2.24, 2.45) is 5.92 Å². The van der Waals surface area contributed by atoms with Crippen LogP contribution >= 0.6 is 0 Å². The number of amides is 1. The van der Waals surface area contributed by atoms with Crippen LogP contribution in [0.5, 0.6) is 5.75 Å². The number of carbonyl (C=O) groups is 1. The SMILES string of the molecule is C[C@@H]1C[C@@H]2Oc3cc(C(F)(F)F)ccc3[C@@H]2N(C(=O)c2cc3c(cn2)nc(N)c2cncn23)C1. The zero-order valence-corrected chi connectivity index (χ0v) is 18.0. The standard InChI is InChI=1S/C23H19F3N6O2/c1-11-4-19-20(13-3-2-12(23(24,25)26)5-18(13)34-19)31(9-11)22(33)14-6-16-15(7-29-14)30-21(27)17-8-28-10-32(16)17/h2-3,5-8,10-11,19-20H,4,9H2,1H3,(H2,27,30)/t11-,19+,20+/m1/s1. The maximum absolute atomic E-state index is 13.7. The van der Waals surface area contributed by atoms with Crippen molar-refractivity contribution in [1.82, 2.24) is 24.3 Å². The highest BCUT2D eigenvalue weighted by molar-refractivity contribution is 5.96. The Hall–Kier alpha value is -3.89. The molecular weight excluding hydrogens is 449 g/mol. The van der Waals surface area contributed by atoms with Gasteiger partial charge in [-0.05, 0) is 30.5 Å². The predicted molar refractivity (Wildman–Crippen MR) is 116 cm³/mol. The van der Waals surface area contributed by atoms with E-state index in [9.17, 15) is 18.0 Å². The highest BCUT2D eigenvalue weighted by Crippen LogP contribution is 2.47. The first-order valence-electron chi connectivity index (χ1n) is 10.8. The van der Waals surface area contributed by atoms with Gasteiger partial charge < -0.3 is 15.4 Å². The molecule has 0 unspecified atom stereocenters. The maximum atomic E-state index is 13.7. The Bertz CT molecular complexity index is 1470. The van der Waals surface area contributed by atoms with Crippen molar-refractivity contribution in [2.75, 3.05) is 12.3 Å². The smallest absolute Gasteiger partial charge is 0.416 e. The summed E-state index contributed by atoms with van der Waals surface area (Å²) >= 11 is 0. The number of likely N-dealkylation sites (tertiary alicyclic amines) is 1. The summed E-state index contributed by atoms with van der Waals surface area (Å²) in [4.78, 5) is 28.1. The van der Waals surface area contributed by atoms with Gasteiger partial charge in [-0.2, -0.15) is 13.2 Å². The van der Waals surface area contributed by atoms with Crippen LogP contribution in [0.4, 0.5) is 19.0 Å². The van der Waals surface area contributed by atoms with Gasteiger partial charge in [0.15, 0.2) is 0 Å². The van der Waals surface area contributed by atoms with Gasteiger partial charge in [0.1, 0.15) is 34.4 Å². The van der Waals surface area contributed by atoms with E-state index in [0.717, 1.165) is 12.1 Å². The van der Waals surface area contributed by atoms with Gasteiger partial charge >= 0.3 is 6.18 Å². The fourth-order valence-electron chi connectivity index (χ4n) is 5.00. The molecule has 0 bridgehead atoms. The molecule has 2 aliphatic rings. The summed E-state index contributed by atoms with van der Waals surface area (Å²) in [5.41, 5.74) is 7.73. The summed E-state index contributed by atoms with van der Waals surface area (Å²) in [5, 5.41) is 0. The van der Waals surface area contributed by atoms with E-state index in [-0.39, 0.29) is 23.3 Å². The van der Waals surface area contributed by atoms with Gasteiger partial charge in [-0.25, -0.2) is 15.0 Å². The fourth-order valence-corrected chi connectivity index (χ4v) is 5.00. The van der Waals surface area contributed by atoms with Gasteiger partial charge in [0.2, 0.25) is 0 Å². The second kappa shape index (κ2) is 7.05. The Balaban J connectivity index is 1.41. The quantitative estimate of drug-likeness (QED) is 0.456. The van der Waals surface area contributed by atoms with E-state index in [0.29, 0.717) is 40.9 Å². The number of hydrogen-bond donors (Lipinski definition) is 1. The molecule has 0 saturated carbocycles.